The van der Waals surface area contributed by atoms with Crippen LogP contribution in [0.15, 0.2) is 45.8 Å². The molecule has 118 valence electrons. The van der Waals surface area contributed by atoms with Gasteiger partial charge in [-0.2, -0.15) is 0 Å². The molecule has 0 radical (unpaired) electrons. The molecule has 0 aliphatic rings. The van der Waals surface area contributed by atoms with Gasteiger partial charge < -0.3 is 5.11 Å². The summed E-state index contributed by atoms with van der Waals surface area (Å²) in [5, 5.41) is 9.05. The van der Waals surface area contributed by atoms with E-state index >= 15 is 0 Å². The Morgan fingerprint density at radius 1 is 1.33 bits per heavy atom. The van der Waals surface area contributed by atoms with Crippen LogP contribution >= 0.6 is 27.3 Å². The first-order valence-corrected chi connectivity index (χ1v) is 8.45. The molecular weight excluding hydrogens is 394 g/mol. The summed E-state index contributed by atoms with van der Waals surface area (Å²) in [6, 6.07) is 8.24. The second kappa shape index (κ2) is 5.50. The van der Waals surface area contributed by atoms with E-state index in [1.54, 1.807) is 30.5 Å². The van der Waals surface area contributed by atoms with E-state index in [4.69, 9.17) is 5.11 Å². The van der Waals surface area contributed by atoms with Gasteiger partial charge in [0.15, 0.2) is 10.6 Å². The Bertz CT molecular complexity index is 1230. The second-order valence-electron chi connectivity index (χ2n) is 5.07. The number of fused-ring (bicyclic) bond motifs is 3. The Morgan fingerprint density at radius 3 is 2.96 bits per heavy atom. The standard InChI is InChI=1S/C16H8BrN3O3S/c17-10-6-11-13(18-7-10)20-14(21)12(24-16(20)19-11)5-8-2-1-3-9(4-8)15(22)23/h1-7H,(H,22,23)/b12-5-. The van der Waals surface area contributed by atoms with Gasteiger partial charge in [0.05, 0.1) is 10.1 Å². The lowest BCUT2D eigenvalue weighted by atomic mass is 10.1. The zero-order valence-corrected chi connectivity index (χ0v) is 14.3. The minimum Gasteiger partial charge on any atom is -0.478 e. The number of aromatic carboxylic acids is 1. The number of aromatic nitrogens is 3. The van der Waals surface area contributed by atoms with Crippen LogP contribution in [0.4, 0.5) is 0 Å². The molecule has 0 aliphatic heterocycles. The molecule has 1 N–H and O–H groups in total. The van der Waals surface area contributed by atoms with Crippen molar-refractivity contribution >= 4 is 55.4 Å². The van der Waals surface area contributed by atoms with Crippen LogP contribution in [0.2, 0.25) is 0 Å². The molecule has 0 saturated heterocycles. The number of hydrogen-bond acceptors (Lipinski definition) is 5. The zero-order chi connectivity index (χ0) is 16.8. The first kappa shape index (κ1) is 15.0. The molecule has 4 rings (SSSR count). The lowest BCUT2D eigenvalue weighted by Crippen LogP contribution is -2.23. The number of carbonyl (C=O) groups is 1. The third-order valence-electron chi connectivity index (χ3n) is 3.48. The van der Waals surface area contributed by atoms with E-state index < -0.39 is 5.97 Å². The van der Waals surface area contributed by atoms with Crippen LogP contribution in [0.5, 0.6) is 0 Å². The summed E-state index contributed by atoms with van der Waals surface area (Å²) in [4.78, 5) is 32.9. The quantitative estimate of drug-likeness (QED) is 0.556. The molecule has 0 bridgehead atoms. The number of hydrogen-bond donors (Lipinski definition) is 1. The number of halogens is 1. The number of thiazole rings is 1. The summed E-state index contributed by atoms with van der Waals surface area (Å²) in [5.74, 6) is -1.01. The number of imidazole rings is 1. The highest BCUT2D eigenvalue weighted by molar-refractivity contribution is 9.10. The van der Waals surface area contributed by atoms with Crippen molar-refractivity contribution in [2.75, 3.05) is 0 Å². The van der Waals surface area contributed by atoms with E-state index in [2.05, 4.69) is 25.9 Å². The van der Waals surface area contributed by atoms with Crippen LogP contribution in [0.3, 0.4) is 0 Å². The lowest BCUT2D eigenvalue weighted by Gasteiger charge is -1.95. The SMILES string of the molecule is O=C(O)c1cccc(/C=c2\sc3nc4cc(Br)cnc4n3c2=O)c1. The third-order valence-corrected chi connectivity index (χ3v) is 4.88. The fraction of sp³-hybridized carbons (Fsp3) is 0. The molecule has 6 nitrogen and oxygen atoms in total. The van der Waals surface area contributed by atoms with Gasteiger partial charge in [0.2, 0.25) is 0 Å². The van der Waals surface area contributed by atoms with E-state index in [9.17, 15) is 9.59 Å². The van der Waals surface area contributed by atoms with Gasteiger partial charge in [0.25, 0.3) is 5.56 Å². The molecule has 0 atom stereocenters. The molecule has 0 aliphatic carbocycles. The van der Waals surface area contributed by atoms with Gasteiger partial charge in [-0.3, -0.25) is 4.79 Å². The first-order valence-electron chi connectivity index (χ1n) is 6.84. The molecule has 24 heavy (non-hydrogen) atoms. The highest BCUT2D eigenvalue weighted by atomic mass is 79.9. The molecule has 1 aromatic carbocycles. The lowest BCUT2D eigenvalue weighted by molar-refractivity contribution is 0.0697. The molecule has 8 heteroatoms. The van der Waals surface area contributed by atoms with Crippen LogP contribution in [0.1, 0.15) is 15.9 Å². The van der Waals surface area contributed by atoms with Crippen LogP contribution in [-0.4, -0.2) is 25.4 Å². The van der Waals surface area contributed by atoms with Crippen LogP contribution in [-0.2, 0) is 0 Å². The monoisotopic (exact) mass is 401 g/mol. The third kappa shape index (κ3) is 2.40. The fourth-order valence-electron chi connectivity index (χ4n) is 2.43. The minimum atomic E-state index is -1.01. The van der Waals surface area contributed by atoms with E-state index in [0.29, 0.717) is 26.2 Å². The van der Waals surface area contributed by atoms with Crippen molar-refractivity contribution in [1.29, 1.82) is 0 Å². The number of rotatable bonds is 2. The predicted octanol–water partition coefficient (Wildman–Crippen LogP) is 2.31. The molecule has 3 aromatic heterocycles. The summed E-state index contributed by atoms with van der Waals surface area (Å²) >= 11 is 4.58. The van der Waals surface area contributed by atoms with E-state index in [1.807, 2.05) is 0 Å². The summed E-state index contributed by atoms with van der Waals surface area (Å²) in [5.41, 5.74) is 1.76. The maximum absolute atomic E-state index is 12.6. The molecule has 0 saturated carbocycles. The first-order chi connectivity index (χ1) is 11.5. The van der Waals surface area contributed by atoms with Crippen LogP contribution < -0.4 is 10.1 Å². The highest BCUT2D eigenvalue weighted by Crippen LogP contribution is 2.18. The van der Waals surface area contributed by atoms with E-state index in [0.717, 1.165) is 4.47 Å². The Kier molecular flexibility index (Phi) is 3.43. The van der Waals surface area contributed by atoms with Gasteiger partial charge in [-0.1, -0.05) is 23.5 Å². The number of carboxylic acids is 1. The second-order valence-corrected chi connectivity index (χ2v) is 7.00. The number of benzene rings is 1. The van der Waals surface area contributed by atoms with Gasteiger partial charge in [-0.15, -0.1) is 0 Å². The molecule has 0 unspecified atom stereocenters. The number of nitrogens with zero attached hydrogens (tertiary/aromatic N) is 3. The van der Waals surface area contributed by atoms with E-state index in [1.165, 1.54) is 27.9 Å². The molecular formula is C16H8BrN3O3S. The topological polar surface area (TPSA) is 84.6 Å². The summed E-state index contributed by atoms with van der Waals surface area (Å²) < 4.78 is 2.75. The van der Waals surface area contributed by atoms with Gasteiger partial charge in [0.1, 0.15) is 5.52 Å². The van der Waals surface area contributed by atoms with Gasteiger partial charge in [-0.25, -0.2) is 19.2 Å². The maximum atomic E-state index is 12.6. The van der Waals surface area contributed by atoms with Crippen molar-refractivity contribution < 1.29 is 9.90 Å². The normalized spacial score (nSPS) is 12.3. The molecule has 0 amide bonds. The number of carboxylic acid groups (broad SMARTS) is 1. The van der Waals surface area contributed by atoms with Crippen molar-refractivity contribution in [2.45, 2.75) is 0 Å². The average molecular weight is 402 g/mol. The smallest absolute Gasteiger partial charge is 0.335 e. The number of pyridine rings is 1. The Balaban J connectivity index is 1.95. The van der Waals surface area contributed by atoms with Crippen molar-refractivity contribution in [2.24, 2.45) is 0 Å². The van der Waals surface area contributed by atoms with Crippen molar-refractivity contribution in [1.82, 2.24) is 14.4 Å². The predicted molar refractivity (Wildman–Crippen MR) is 94.5 cm³/mol. The zero-order valence-electron chi connectivity index (χ0n) is 11.9. The Morgan fingerprint density at radius 2 is 2.17 bits per heavy atom. The summed E-state index contributed by atoms with van der Waals surface area (Å²) in [6.07, 6.45) is 3.28. The molecule has 0 spiro atoms. The van der Waals surface area contributed by atoms with Gasteiger partial charge in [0, 0.05) is 10.7 Å². The van der Waals surface area contributed by atoms with Gasteiger partial charge in [-0.05, 0) is 45.8 Å². The minimum absolute atomic E-state index is 0.175. The van der Waals surface area contributed by atoms with Crippen molar-refractivity contribution in [3.05, 3.63) is 67.0 Å². The van der Waals surface area contributed by atoms with Gasteiger partial charge >= 0.3 is 5.97 Å². The molecule has 0 fully saturated rings. The molecule has 3 heterocycles. The van der Waals surface area contributed by atoms with Crippen LogP contribution in [0.25, 0.3) is 22.2 Å². The van der Waals surface area contributed by atoms with E-state index in [-0.39, 0.29) is 11.1 Å². The molecule has 4 aromatic rings. The fourth-order valence-corrected chi connectivity index (χ4v) is 3.72. The highest BCUT2D eigenvalue weighted by Gasteiger charge is 2.12. The van der Waals surface area contributed by atoms with Crippen molar-refractivity contribution in [3.8, 4) is 0 Å². The average Bonchev–Trinajstić information content (AvgIpc) is 3.04. The summed E-state index contributed by atoms with van der Waals surface area (Å²) in [7, 11) is 0. The maximum Gasteiger partial charge on any atom is 0.335 e. The van der Waals surface area contributed by atoms with Crippen LogP contribution in [0, 0.1) is 0 Å². The Labute approximate surface area is 146 Å². The van der Waals surface area contributed by atoms with Crippen molar-refractivity contribution in [3.63, 3.8) is 0 Å². The largest absolute Gasteiger partial charge is 0.478 e. The summed E-state index contributed by atoms with van der Waals surface area (Å²) in [6.45, 7) is 0. The Hall–Kier alpha value is -2.58.